The molecule has 0 bridgehead atoms. The van der Waals surface area contributed by atoms with Crippen molar-refractivity contribution in [1.29, 1.82) is 0 Å². The lowest BCUT2D eigenvalue weighted by molar-refractivity contribution is -0.385. The van der Waals surface area contributed by atoms with Crippen molar-refractivity contribution in [1.82, 2.24) is 9.71 Å². The van der Waals surface area contributed by atoms with Crippen LogP contribution in [-0.4, -0.2) is 24.9 Å². The number of sulfonamides is 1. The lowest BCUT2D eigenvalue weighted by Crippen LogP contribution is -2.23. The summed E-state index contributed by atoms with van der Waals surface area (Å²) in [5, 5.41) is 10.4. The molecule has 0 aliphatic carbocycles. The van der Waals surface area contributed by atoms with E-state index in [0.717, 1.165) is 18.5 Å². The van der Waals surface area contributed by atoms with E-state index < -0.39 is 14.9 Å². The molecule has 0 aliphatic heterocycles. The number of hydrogen-bond acceptors (Lipinski definition) is 5. The summed E-state index contributed by atoms with van der Waals surface area (Å²) in [6, 6.07) is 0.963. The third-order valence-corrected chi connectivity index (χ3v) is 3.07. The molecule has 1 aromatic rings. The number of nitrogens with zero attached hydrogens (tertiary/aromatic N) is 2. The normalized spacial score (nSPS) is 11.3. The number of rotatable bonds is 4. The molecule has 0 atom stereocenters. The first-order valence-electron chi connectivity index (χ1n) is 4.06. The zero-order chi connectivity index (χ0) is 11.5. The second kappa shape index (κ2) is 4.32. The fraction of sp³-hybridized carbons (Fsp3) is 0.286. The molecule has 0 radical (unpaired) electrons. The highest BCUT2D eigenvalue weighted by Crippen LogP contribution is 2.14. The van der Waals surface area contributed by atoms with Crippen molar-refractivity contribution in [3.63, 3.8) is 0 Å². The monoisotopic (exact) mass is 231 g/mol. The summed E-state index contributed by atoms with van der Waals surface area (Å²) in [5.74, 6) is 0. The van der Waals surface area contributed by atoms with Crippen LogP contribution in [-0.2, 0) is 10.0 Å². The lowest BCUT2D eigenvalue weighted by atomic mass is 10.4. The highest BCUT2D eigenvalue weighted by Gasteiger charge is 2.16. The highest BCUT2D eigenvalue weighted by molar-refractivity contribution is 7.89. The van der Waals surface area contributed by atoms with Gasteiger partial charge in [0.1, 0.15) is 11.1 Å². The molecule has 8 heteroatoms. The number of aromatic nitrogens is 1. The van der Waals surface area contributed by atoms with Crippen molar-refractivity contribution in [2.45, 2.75) is 11.8 Å². The van der Waals surface area contributed by atoms with Crippen molar-refractivity contribution in [3.8, 4) is 0 Å². The molecule has 15 heavy (non-hydrogen) atoms. The minimum Gasteiger partial charge on any atom is -0.258 e. The number of pyridine rings is 1. The number of hydrogen-bond donors (Lipinski definition) is 1. The molecule has 0 aromatic carbocycles. The average molecular weight is 231 g/mol. The molecular weight excluding hydrogens is 222 g/mol. The predicted molar refractivity (Wildman–Crippen MR) is 51.8 cm³/mol. The zero-order valence-electron chi connectivity index (χ0n) is 7.87. The number of nitro groups is 1. The Morgan fingerprint density at radius 3 is 2.73 bits per heavy atom. The molecule has 0 saturated carbocycles. The molecule has 1 aromatic heterocycles. The van der Waals surface area contributed by atoms with Gasteiger partial charge in [-0.3, -0.25) is 15.1 Å². The minimum absolute atomic E-state index is 0.210. The number of nitrogens with one attached hydrogen (secondary N) is 1. The fourth-order valence-corrected chi connectivity index (χ4v) is 1.95. The molecule has 1 rings (SSSR count). The van der Waals surface area contributed by atoms with E-state index in [2.05, 4.69) is 9.71 Å². The smallest absolute Gasteiger partial charge is 0.258 e. The summed E-state index contributed by atoms with van der Waals surface area (Å²) < 4.78 is 25.1. The van der Waals surface area contributed by atoms with Gasteiger partial charge >= 0.3 is 0 Å². The fourth-order valence-electron chi connectivity index (χ4n) is 0.928. The van der Waals surface area contributed by atoms with Crippen molar-refractivity contribution >= 4 is 15.7 Å². The van der Waals surface area contributed by atoms with Gasteiger partial charge in [-0.25, -0.2) is 13.1 Å². The SMILES string of the molecule is CCNS(=O)(=O)c1cncc([N+](=O)[O-])c1. The summed E-state index contributed by atoms with van der Waals surface area (Å²) in [6.45, 7) is 1.83. The Balaban J connectivity index is 3.16. The van der Waals surface area contributed by atoms with Crippen molar-refractivity contribution in [2.24, 2.45) is 0 Å². The van der Waals surface area contributed by atoms with Gasteiger partial charge in [0.05, 0.1) is 4.92 Å². The van der Waals surface area contributed by atoms with Gasteiger partial charge in [0.15, 0.2) is 0 Å². The van der Waals surface area contributed by atoms with Crippen LogP contribution in [0.1, 0.15) is 6.92 Å². The van der Waals surface area contributed by atoms with E-state index in [1.165, 1.54) is 0 Å². The Hall–Kier alpha value is -1.54. The molecule has 0 aliphatic rings. The van der Waals surface area contributed by atoms with Crippen molar-refractivity contribution < 1.29 is 13.3 Å². The van der Waals surface area contributed by atoms with E-state index in [0.29, 0.717) is 0 Å². The maximum absolute atomic E-state index is 11.4. The Labute approximate surface area is 86.3 Å². The van der Waals surface area contributed by atoms with Crippen LogP contribution < -0.4 is 4.72 Å². The maximum atomic E-state index is 11.4. The highest BCUT2D eigenvalue weighted by atomic mass is 32.2. The van der Waals surface area contributed by atoms with Gasteiger partial charge in [0.25, 0.3) is 5.69 Å². The van der Waals surface area contributed by atoms with Gasteiger partial charge in [-0.05, 0) is 0 Å². The van der Waals surface area contributed by atoms with Gasteiger partial charge in [0.2, 0.25) is 10.0 Å². The first-order chi connectivity index (χ1) is 6.97. The van der Waals surface area contributed by atoms with Crippen LogP contribution in [0, 0.1) is 10.1 Å². The van der Waals surface area contributed by atoms with E-state index in [1.807, 2.05) is 0 Å². The Kier molecular flexibility index (Phi) is 3.32. The summed E-state index contributed by atoms with van der Waals surface area (Å²) in [6.07, 6.45) is 2.05. The van der Waals surface area contributed by atoms with Crippen LogP contribution >= 0.6 is 0 Å². The Bertz CT molecular complexity index is 471. The molecule has 1 N–H and O–H groups in total. The van der Waals surface area contributed by atoms with E-state index in [9.17, 15) is 18.5 Å². The van der Waals surface area contributed by atoms with Gasteiger partial charge in [0, 0.05) is 18.8 Å². The van der Waals surface area contributed by atoms with E-state index in [-0.39, 0.29) is 17.1 Å². The van der Waals surface area contributed by atoms with Crippen LogP contribution in [0.15, 0.2) is 23.4 Å². The van der Waals surface area contributed by atoms with Crippen LogP contribution in [0.5, 0.6) is 0 Å². The largest absolute Gasteiger partial charge is 0.288 e. The Morgan fingerprint density at radius 1 is 1.53 bits per heavy atom. The summed E-state index contributed by atoms with van der Waals surface area (Å²) in [7, 11) is -3.68. The molecule has 7 nitrogen and oxygen atoms in total. The topological polar surface area (TPSA) is 102 Å². The van der Waals surface area contributed by atoms with Crippen molar-refractivity contribution in [3.05, 3.63) is 28.6 Å². The van der Waals surface area contributed by atoms with Gasteiger partial charge in [-0.15, -0.1) is 0 Å². The maximum Gasteiger partial charge on any atom is 0.288 e. The summed E-state index contributed by atoms with van der Waals surface area (Å²) in [4.78, 5) is 13.0. The van der Waals surface area contributed by atoms with Crippen LogP contribution in [0.3, 0.4) is 0 Å². The molecule has 0 saturated heterocycles. The molecule has 0 amide bonds. The van der Waals surface area contributed by atoms with Gasteiger partial charge < -0.3 is 0 Å². The second-order valence-corrected chi connectivity index (χ2v) is 4.40. The van der Waals surface area contributed by atoms with Gasteiger partial charge in [-0.2, -0.15) is 0 Å². The minimum atomic E-state index is -3.68. The Morgan fingerprint density at radius 2 is 2.20 bits per heavy atom. The molecule has 82 valence electrons. The zero-order valence-corrected chi connectivity index (χ0v) is 8.69. The predicted octanol–water partition coefficient (Wildman–Crippen LogP) is 0.288. The van der Waals surface area contributed by atoms with E-state index >= 15 is 0 Å². The van der Waals surface area contributed by atoms with Gasteiger partial charge in [-0.1, -0.05) is 6.92 Å². The van der Waals surface area contributed by atoms with E-state index in [1.54, 1.807) is 6.92 Å². The third kappa shape index (κ3) is 2.70. The molecule has 0 spiro atoms. The second-order valence-electron chi connectivity index (χ2n) is 2.64. The first kappa shape index (κ1) is 11.5. The summed E-state index contributed by atoms with van der Waals surface area (Å²) >= 11 is 0. The lowest BCUT2D eigenvalue weighted by Gasteiger charge is -2.02. The van der Waals surface area contributed by atoms with E-state index in [4.69, 9.17) is 0 Å². The van der Waals surface area contributed by atoms with Crippen LogP contribution in [0.25, 0.3) is 0 Å². The quantitative estimate of drug-likeness (QED) is 0.592. The van der Waals surface area contributed by atoms with Crippen molar-refractivity contribution in [2.75, 3.05) is 6.54 Å². The standard InChI is InChI=1S/C7H9N3O4S/c1-2-9-15(13,14)7-3-6(10(11)12)4-8-5-7/h3-5,9H,2H2,1H3. The third-order valence-electron chi connectivity index (χ3n) is 1.55. The van der Waals surface area contributed by atoms with Crippen LogP contribution in [0.2, 0.25) is 0 Å². The average Bonchev–Trinajstić information content (AvgIpc) is 2.18. The first-order valence-corrected chi connectivity index (χ1v) is 5.55. The molecule has 1 heterocycles. The molecular formula is C7H9N3O4S. The summed E-state index contributed by atoms with van der Waals surface area (Å²) in [5.41, 5.74) is -0.353. The molecule has 0 fully saturated rings. The van der Waals surface area contributed by atoms with Crippen LogP contribution in [0.4, 0.5) is 5.69 Å². The molecule has 0 unspecified atom stereocenters.